The largest absolute Gasteiger partial charge is 0.478 e. The lowest BCUT2D eigenvalue weighted by Gasteiger charge is -2.13. The number of nitrogens with one attached hydrogen (secondary N) is 1. The fourth-order valence-corrected chi connectivity index (χ4v) is 4.05. The number of carboxylic acids is 1. The summed E-state index contributed by atoms with van der Waals surface area (Å²) < 4.78 is 15.0. The summed E-state index contributed by atoms with van der Waals surface area (Å²) in [7, 11) is 0. The lowest BCUT2D eigenvalue weighted by molar-refractivity contribution is -0.116. The van der Waals surface area contributed by atoms with Gasteiger partial charge in [0, 0.05) is 10.9 Å². The Morgan fingerprint density at radius 3 is 2.55 bits per heavy atom. The van der Waals surface area contributed by atoms with Crippen LogP contribution in [-0.4, -0.2) is 26.5 Å². The van der Waals surface area contributed by atoms with Crippen molar-refractivity contribution in [3.05, 3.63) is 81.2 Å². The van der Waals surface area contributed by atoms with E-state index in [1.165, 1.54) is 23.6 Å². The van der Waals surface area contributed by atoms with E-state index in [9.17, 15) is 23.9 Å². The summed E-state index contributed by atoms with van der Waals surface area (Å²) in [6.07, 6.45) is 0. The highest BCUT2D eigenvalue weighted by Crippen LogP contribution is 2.26. The molecule has 0 saturated heterocycles. The summed E-state index contributed by atoms with van der Waals surface area (Å²) in [5.74, 6) is -2.29. The molecule has 9 heteroatoms. The monoisotopic (exact) mass is 437 g/mol. The number of fused-ring (bicyclic) bond motifs is 1. The van der Waals surface area contributed by atoms with Gasteiger partial charge >= 0.3 is 5.97 Å². The summed E-state index contributed by atoms with van der Waals surface area (Å²) in [6, 6.07) is 12.9. The molecule has 2 aromatic heterocycles. The van der Waals surface area contributed by atoms with E-state index < -0.39 is 29.8 Å². The Balaban J connectivity index is 1.84. The Morgan fingerprint density at radius 2 is 1.87 bits per heavy atom. The second kappa shape index (κ2) is 8.11. The van der Waals surface area contributed by atoms with Gasteiger partial charge in [-0.2, -0.15) is 0 Å². The first-order valence-corrected chi connectivity index (χ1v) is 10.1. The van der Waals surface area contributed by atoms with E-state index in [-0.39, 0.29) is 27.3 Å². The van der Waals surface area contributed by atoms with Crippen molar-refractivity contribution < 1.29 is 19.1 Å². The van der Waals surface area contributed by atoms with Crippen molar-refractivity contribution in [3.63, 3.8) is 0 Å². The molecule has 0 unspecified atom stereocenters. The molecule has 0 spiro atoms. The van der Waals surface area contributed by atoms with Crippen LogP contribution in [0.5, 0.6) is 0 Å². The molecular formula is C22H16FN3O4S. The average molecular weight is 437 g/mol. The zero-order valence-electron chi connectivity index (χ0n) is 16.3. The number of aromatic carboxylic acids is 1. The maximum Gasteiger partial charge on any atom is 0.337 e. The van der Waals surface area contributed by atoms with E-state index >= 15 is 0 Å². The molecule has 0 saturated carbocycles. The number of hydrogen-bond donors (Lipinski definition) is 2. The van der Waals surface area contributed by atoms with E-state index in [4.69, 9.17) is 0 Å². The normalized spacial score (nSPS) is 10.9. The minimum absolute atomic E-state index is 0.0202. The maximum atomic E-state index is 13.9. The first-order chi connectivity index (χ1) is 14.8. The van der Waals surface area contributed by atoms with E-state index in [1.807, 2.05) is 19.1 Å². The van der Waals surface area contributed by atoms with Crippen molar-refractivity contribution in [3.8, 4) is 11.4 Å². The minimum Gasteiger partial charge on any atom is -0.478 e. The Morgan fingerprint density at radius 1 is 1.16 bits per heavy atom. The first kappa shape index (κ1) is 20.4. The lowest BCUT2D eigenvalue weighted by atomic mass is 10.1. The molecule has 0 aliphatic rings. The van der Waals surface area contributed by atoms with Crippen molar-refractivity contribution in [2.24, 2.45) is 0 Å². The molecule has 2 N–H and O–H groups in total. The number of carbonyl (C=O) groups is 2. The van der Waals surface area contributed by atoms with Crippen LogP contribution in [-0.2, 0) is 11.3 Å². The Bertz CT molecular complexity index is 1380. The van der Waals surface area contributed by atoms with Gasteiger partial charge in [0.05, 0.1) is 16.6 Å². The molecule has 156 valence electrons. The van der Waals surface area contributed by atoms with Gasteiger partial charge in [0.15, 0.2) is 0 Å². The van der Waals surface area contributed by atoms with Gasteiger partial charge in [-0.1, -0.05) is 42.0 Å². The molecule has 7 nitrogen and oxygen atoms in total. The number of rotatable bonds is 5. The smallest absolute Gasteiger partial charge is 0.337 e. The standard InChI is InChI=1S/C22H16FN3O4S/c1-12-6-8-13(9-7-12)19-25-20-18(14(11-31-20)22(29)30)21(28)26(19)10-17(27)24-16-5-3-2-4-15(16)23/h2-9,11H,10H2,1H3,(H,24,27)(H,29,30). The van der Waals surface area contributed by atoms with Crippen LogP contribution in [0.2, 0.25) is 0 Å². The summed E-state index contributed by atoms with van der Waals surface area (Å²) in [4.78, 5) is 42.2. The number of para-hydroxylation sites is 1. The topological polar surface area (TPSA) is 101 Å². The van der Waals surface area contributed by atoms with Crippen LogP contribution in [0.4, 0.5) is 10.1 Å². The van der Waals surface area contributed by atoms with Gasteiger partial charge in [0.25, 0.3) is 5.56 Å². The number of hydrogen-bond acceptors (Lipinski definition) is 5. The second-order valence-electron chi connectivity index (χ2n) is 6.86. The van der Waals surface area contributed by atoms with Gasteiger partial charge < -0.3 is 10.4 Å². The van der Waals surface area contributed by atoms with Crippen LogP contribution in [0.25, 0.3) is 21.6 Å². The van der Waals surface area contributed by atoms with Crippen LogP contribution >= 0.6 is 11.3 Å². The molecule has 0 radical (unpaired) electrons. The van der Waals surface area contributed by atoms with Crippen molar-refractivity contribution in [2.45, 2.75) is 13.5 Å². The quantitative estimate of drug-likeness (QED) is 0.493. The number of carboxylic acid groups (broad SMARTS) is 1. The Kier molecular flexibility index (Phi) is 5.35. The van der Waals surface area contributed by atoms with Gasteiger partial charge in [-0.05, 0) is 19.1 Å². The van der Waals surface area contributed by atoms with E-state index in [2.05, 4.69) is 10.3 Å². The highest BCUT2D eigenvalue weighted by molar-refractivity contribution is 7.17. The molecule has 1 amide bonds. The van der Waals surface area contributed by atoms with Crippen molar-refractivity contribution in [1.82, 2.24) is 9.55 Å². The van der Waals surface area contributed by atoms with Crippen LogP contribution in [0.15, 0.2) is 58.7 Å². The van der Waals surface area contributed by atoms with Gasteiger partial charge in [-0.25, -0.2) is 14.2 Å². The molecular weight excluding hydrogens is 421 g/mol. The summed E-state index contributed by atoms with van der Waals surface area (Å²) >= 11 is 1.05. The van der Waals surface area contributed by atoms with Crippen molar-refractivity contribution >= 4 is 39.1 Å². The van der Waals surface area contributed by atoms with Crippen molar-refractivity contribution in [1.29, 1.82) is 0 Å². The Labute approximate surface area is 179 Å². The van der Waals surface area contributed by atoms with Gasteiger partial charge in [0.2, 0.25) is 5.91 Å². The predicted molar refractivity (Wildman–Crippen MR) is 116 cm³/mol. The molecule has 4 aromatic rings. The number of nitrogens with zero attached hydrogens (tertiary/aromatic N) is 2. The molecule has 31 heavy (non-hydrogen) atoms. The number of thiophene rings is 1. The molecule has 0 fully saturated rings. The minimum atomic E-state index is -1.25. The highest BCUT2D eigenvalue weighted by atomic mass is 32.1. The van der Waals surface area contributed by atoms with Gasteiger partial charge in [0.1, 0.15) is 23.0 Å². The number of benzene rings is 2. The first-order valence-electron chi connectivity index (χ1n) is 9.22. The molecule has 2 heterocycles. The number of amides is 1. The molecule has 4 rings (SSSR count). The lowest BCUT2D eigenvalue weighted by Crippen LogP contribution is -2.30. The van der Waals surface area contributed by atoms with E-state index in [0.717, 1.165) is 21.5 Å². The van der Waals surface area contributed by atoms with E-state index in [0.29, 0.717) is 5.56 Å². The third kappa shape index (κ3) is 3.95. The summed E-state index contributed by atoms with van der Waals surface area (Å²) in [5, 5.41) is 13.1. The Hall–Kier alpha value is -3.85. The summed E-state index contributed by atoms with van der Waals surface area (Å²) in [6.45, 7) is 1.45. The third-order valence-corrected chi connectivity index (χ3v) is 5.56. The number of carbonyl (C=O) groups excluding carboxylic acids is 1. The molecule has 0 bridgehead atoms. The average Bonchev–Trinajstić information content (AvgIpc) is 3.17. The highest BCUT2D eigenvalue weighted by Gasteiger charge is 2.22. The zero-order chi connectivity index (χ0) is 22.1. The van der Waals surface area contributed by atoms with Crippen LogP contribution in [0, 0.1) is 12.7 Å². The fraction of sp³-hybridized carbons (Fsp3) is 0.0909. The zero-order valence-corrected chi connectivity index (χ0v) is 17.1. The number of aryl methyl sites for hydroxylation is 1. The third-order valence-electron chi connectivity index (χ3n) is 4.68. The second-order valence-corrected chi connectivity index (χ2v) is 7.71. The maximum absolute atomic E-state index is 13.9. The van der Waals surface area contributed by atoms with Crippen LogP contribution in [0.3, 0.4) is 0 Å². The number of anilines is 1. The fourth-order valence-electron chi connectivity index (χ4n) is 3.15. The SMILES string of the molecule is Cc1ccc(-c2nc3scc(C(=O)O)c3c(=O)n2CC(=O)Nc2ccccc2F)cc1. The predicted octanol–water partition coefficient (Wildman–Crippen LogP) is 3.91. The summed E-state index contributed by atoms with van der Waals surface area (Å²) in [5.41, 5.74) is 0.751. The number of halogens is 1. The van der Waals surface area contributed by atoms with Crippen molar-refractivity contribution in [2.75, 3.05) is 5.32 Å². The van der Waals surface area contributed by atoms with E-state index in [1.54, 1.807) is 18.2 Å². The molecule has 0 aliphatic carbocycles. The van der Waals surface area contributed by atoms with Crippen LogP contribution in [0.1, 0.15) is 15.9 Å². The van der Waals surface area contributed by atoms with Crippen LogP contribution < -0.4 is 10.9 Å². The van der Waals surface area contributed by atoms with Gasteiger partial charge in [-0.15, -0.1) is 11.3 Å². The van der Waals surface area contributed by atoms with Gasteiger partial charge in [-0.3, -0.25) is 14.2 Å². The molecule has 0 aliphatic heterocycles. The molecule has 2 aromatic carbocycles. The molecule has 0 atom stereocenters. The number of aromatic nitrogens is 2.